The molecule has 0 radical (unpaired) electrons. The van der Waals surface area contributed by atoms with Gasteiger partial charge in [0.2, 0.25) is 0 Å². The third-order valence-electron chi connectivity index (χ3n) is 3.83. The molecule has 2 aromatic rings. The van der Waals surface area contributed by atoms with Crippen molar-refractivity contribution in [1.29, 1.82) is 0 Å². The molecule has 1 fully saturated rings. The first-order chi connectivity index (χ1) is 8.70. The highest BCUT2D eigenvalue weighted by molar-refractivity contribution is 5.80. The summed E-state index contributed by atoms with van der Waals surface area (Å²) in [6.45, 7) is 4.54. The molecule has 1 aromatic heterocycles. The molecule has 3 heteroatoms. The van der Waals surface area contributed by atoms with Gasteiger partial charge in [0.15, 0.2) is 0 Å². The quantitative estimate of drug-likeness (QED) is 0.829. The second-order valence-corrected chi connectivity index (χ2v) is 5.50. The second kappa shape index (κ2) is 4.30. The zero-order valence-electron chi connectivity index (χ0n) is 11.2. The van der Waals surface area contributed by atoms with Crippen LogP contribution in [-0.2, 0) is 0 Å². The lowest BCUT2D eigenvalue weighted by molar-refractivity contribution is 0.494. The molecule has 1 atom stereocenters. The van der Waals surface area contributed by atoms with Crippen molar-refractivity contribution in [3.63, 3.8) is 0 Å². The fourth-order valence-corrected chi connectivity index (χ4v) is 2.77. The smallest absolute Gasteiger partial charge is 0.113 e. The third-order valence-corrected chi connectivity index (χ3v) is 3.83. The van der Waals surface area contributed by atoms with E-state index in [4.69, 9.17) is 10.7 Å². The predicted molar refractivity (Wildman–Crippen MR) is 75.7 cm³/mol. The molecule has 1 unspecified atom stereocenters. The van der Waals surface area contributed by atoms with Gasteiger partial charge in [0, 0.05) is 17.6 Å². The van der Waals surface area contributed by atoms with Crippen molar-refractivity contribution in [2.75, 3.05) is 5.73 Å². The Morgan fingerprint density at radius 3 is 2.89 bits per heavy atom. The number of nitrogens with zero attached hydrogens (tertiary/aromatic N) is 2. The maximum Gasteiger partial charge on any atom is 0.113 e. The Kier molecular flexibility index (Phi) is 2.77. The summed E-state index contributed by atoms with van der Waals surface area (Å²) in [7, 11) is 0. The molecule has 2 N–H and O–H groups in total. The van der Waals surface area contributed by atoms with Crippen LogP contribution in [-0.4, -0.2) is 9.55 Å². The zero-order chi connectivity index (χ0) is 12.7. The minimum atomic E-state index is 0.527. The Bertz CT molecular complexity index is 566. The van der Waals surface area contributed by atoms with Gasteiger partial charge in [-0.2, -0.15) is 0 Å². The number of hydrogen-bond donors (Lipinski definition) is 1. The molecule has 3 rings (SSSR count). The number of fused-ring (bicyclic) bond motifs is 1. The molecule has 1 saturated carbocycles. The number of benzene rings is 1. The molecule has 0 amide bonds. The van der Waals surface area contributed by atoms with Gasteiger partial charge in [0.05, 0.1) is 11.0 Å². The molecule has 0 saturated heterocycles. The summed E-state index contributed by atoms with van der Waals surface area (Å²) in [6, 6.07) is 6.63. The molecule has 1 aliphatic carbocycles. The largest absolute Gasteiger partial charge is 0.399 e. The van der Waals surface area contributed by atoms with Gasteiger partial charge in [0.1, 0.15) is 5.82 Å². The summed E-state index contributed by atoms with van der Waals surface area (Å²) in [6.07, 6.45) is 4.99. The summed E-state index contributed by atoms with van der Waals surface area (Å²) >= 11 is 0. The van der Waals surface area contributed by atoms with Gasteiger partial charge in [-0.1, -0.05) is 13.3 Å². The van der Waals surface area contributed by atoms with E-state index in [0.29, 0.717) is 12.0 Å². The highest BCUT2D eigenvalue weighted by atomic mass is 15.1. The Balaban J connectivity index is 2.15. The number of nitrogens with two attached hydrogens (primary N) is 1. The number of imidazole rings is 1. The standard InChI is InChI=1S/C15H21N3/c1-3-4-10(2)18-14-8-7-12(16)9-13(14)17-15(18)11-5-6-11/h7-11H,3-6,16H2,1-2H3. The van der Waals surface area contributed by atoms with Gasteiger partial charge in [0.25, 0.3) is 0 Å². The summed E-state index contributed by atoms with van der Waals surface area (Å²) in [5.41, 5.74) is 8.96. The van der Waals surface area contributed by atoms with Crippen LogP contribution in [0.15, 0.2) is 18.2 Å². The summed E-state index contributed by atoms with van der Waals surface area (Å²) < 4.78 is 2.44. The molecule has 3 nitrogen and oxygen atoms in total. The van der Waals surface area contributed by atoms with Crippen molar-refractivity contribution in [3.05, 3.63) is 24.0 Å². The number of nitrogen functional groups attached to an aromatic ring is 1. The first-order valence-corrected chi connectivity index (χ1v) is 6.98. The van der Waals surface area contributed by atoms with Crippen molar-refractivity contribution in [1.82, 2.24) is 9.55 Å². The molecule has 1 aromatic carbocycles. The van der Waals surface area contributed by atoms with E-state index in [0.717, 1.165) is 11.2 Å². The molecular weight excluding hydrogens is 222 g/mol. The van der Waals surface area contributed by atoms with Gasteiger partial charge in [-0.05, 0) is 44.4 Å². The summed E-state index contributed by atoms with van der Waals surface area (Å²) in [4.78, 5) is 4.82. The van der Waals surface area contributed by atoms with Crippen LogP contribution < -0.4 is 5.73 Å². The molecule has 96 valence electrons. The van der Waals surface area contributed by atoms with Crippen molar-refractivity contribution in [3.8, 4) is 0 Å². The Morgan fingerprint density at radius 2 is 2.22 bits per heavy atom. The summed E-state index contributed by atoms with van der Waals surface area (Å²) in [5.74, 6) is 1.95. The van der Waals surface area contributed by atoms with Crippen LogP contribution in [0.3, 0.4) is 0 Å². The molecular formula is C15H21N3. The molecule has 0 bridgehead atoms. The van der Waals surface area contributed by atoms with E-state index >= 15 is 0 Å². The Labute approximate surface area is 108 Å². The average molecular weight is 243 g/mol. The normalized spacial score (nSPS) is 17.2. The van der Waals surface area contributed by atoms with Crippen LogP contribution in [0, 0.1) is 0 Å². The molecule has 0 spiro atoms. The van der Waals surface area contributed by atoms with Gasteiger partial charge < -0.3 is 10.3 Å². The van der Waals surface area contributed by atoms with Crippen LogP contribution in [0.1, 0.15) is 57.3 Å². The van der Waals surface area contributed by atoms with Crippen molar-refractivity contribution >= 4 is 16.7 Å². The second-order valence-electron chi connectivity index (χ2n) is 5.50. The Morgan fingerprint density at radius 1 is 1.44 bits per heavy atom. The minimum absolute atomic E-state index is 0.527. The monoisotopic (exact) mass is 243 g/mol. The van der Waals surface area contributed by atoms with Crippen molar-refractivity contribution in [2.45, 2.75) is 51.5 Å². The van der Waals surface area contributed by atoms with E-state index in [1.165, 1.54) is 37.0 Å². The topological polar surface area (TPSA) is 43.8 Å². The average Bonchev–Trinajstić information content (AvgIpc) is 3.10. The fraction of sp³-hybridized carbons (Fsp3) is 0.533. The van der Waals surface area contributed by atoms with Crippen LogP contribution in [0.25, 0.3) is 11.0 Å². The van der Waals surface area contributed by atoms with Crippen LogP contribution >= 0.6 is 0 Å². The van der Waals surface area contributed by atoms with E-state index in [9.17, 15) is 0 Å². The maximum absolute atomic E-state index is 5.86. The van der Waals surface area contributed by atoms with Crippen molar-refractivity contribution in [2.24, 2.45) is 0 Å². The molecule has 0 aliphatic heterocycles. The van der Waals surface area contributed by atoms with Gasteiger partial charge in [-0.15, -0.1) is 0 Å². The number of anilines is 1. The van der Waals surface area contributed by atoms with E-state index < -0.39 is 0 Å². The third kappa shape index (κ3) is 1.88. The highest BCUT2D eigenvalue weighted by Gasteiger charge is 2.30. The highest BCUT2D eigenvalue weighted by Crippen LogP contribution is 2.42. The Hall–Kier alpha value is -1.51. The lowest BCUT2D eigenvalue weighted by Crippen LogP contribution is -2.08. The fourth-order valence-electron chi connectivity index (χ4n) is 2.77. The van der Waals surface area contributed by atoms with E-state index in [1.54, 1.807) is 0 Å². The SMILES string of the molecule is CCCC(C)n1c(C2CC2)nc2cc(N)ccc21. The van der Waals surface area contributed by atoms with E-state index in [2.05, 4.69) is 24.5 Å². The van der Waals surface area contributed by atoms with Gasteiger partial charge >= 0.3 is 0 Å². The van der Waals surface area contributed by atoms with Gasteiger partial charge in [-0.3, -0.25) is 0 Å². The first kappa shape index (κ1) is 11.6. The lowest BCUT2D eigenvalue weighted by atomic mass is 10.1. The predicted octanol–water partition coefficient (Wildman–Crippen LogP) is 3.86. The molecule has 1 aliphatic rings. The van der Waals surface area contributed by atoms with Crippen LogP contribution in [0.4, 0.5) is 5.69 Å². The molecule has 18 heavy (non-hydrogen) atoms. The zero-order valence-corrected chi connectivity index (χ0v) is 11.2. The van der Waals surface area contributed by atoms with Gasteiger partial charge in [-0.25, -0.2) is 4.98 Å². The number of rotatable bonds is 4. The summed E-state index contributed by atoms with van der Waals surface area (Å²) in [5, 5.41) is 0. The van der Waals surface area contributed by atoms with Crippen molar-refractivity contribution < 1.29 is 0 Å². The van der Waals surface area contributed by atoms with E-state index in [1.807, 2.05) is 12.1 Å². The first-order valence-electron chi connectivity index (χ1n) is 6.98. The minimum Gasteiger partial charge on any atom is -0.399 e. The van der Waals surface area contributed by atoms with Crippen LogP contribution in [0.5, 0.6) is 0 Å². The molecule has 1 heterocycles. The lowest BCUT2D eigenvalue weighted by Gasteiger charge is -2.16. The van der Waals surface area contributed by atoms with Crippen LogP contribution in [0.2, 0.25) is 0 Å². The number of hydrogen-bond acceptors (Lipinski definition) is 2. The number of aromatic nitrogens is 2. The maximum atomic E-state index is 5.86. The van der Waals surface area contributed by atoms with E-state index in [-0.39, 0.29) is 0 Å².